The molecule has 0 aliphatic heterocycles. The van der Waals surface area contributed by atoms with Crippen LogP contribution in [0.2, 0.25) is 0 Å². The molecule has 0 spiro atoms. The van der Waals surface area contributed by atoms with Gasteiger partial charge in [-0.2, -0.15) is 10.2 Å². The topological polar surface area (TPSA) is 104 Å². The van der Waals surface area contributed by atoms with Crippen LogP contribution in [0.25, 0.3) is 0 Å². The normalized spacial score (nSPS) is 19.0. The number of fused-ring (bicyclic) bond motifs is 1. The van der Waals surface area contributed by atoms with Crippen molar-refractivity contribution in [2.45, 2.75) is 44.0 Å². The molecule has 1 aliphatic carbocycles. The van der Waals surface area contributed by atoms with Crippen molar-refractivity contribution in [3.63, 3.8) is 0 Å². The van der Waals surface area contributed by atoms with Gasteiger partial charge < -0.3 is 0 Å². The van der Waals surface area contributed by atoms with E-state index in [2.05, 4.69) is 25.1 Å². The molecule has 8 heteroatoms. The number of nitrogens with one attached hydrogen (secondary N) is 3. The Morgan fingerprint density at radius 3 is 2.85 bits per heavy atom. The molecule has 2 aromatic heterocycles. The molecule has 1 atom stereocenters. The maximum atomic E-state index is 12.5. The molecule has 1 unspecified atom stereocenters. The summed E-state index contributed by atoms with van der Waals surface area (Å²) in [6.45, 7) is 3.40. The highest BCUT2D eigenvalue weighted by Crippen LogP contribution is 2.22. The quantitative estimate of drug-likeness (QED) is 0.770. The van der Waals surface area contributed by atoms with Gasteiger partial charge in [0.2, 0.25) is 10.0 Å². The number of aryl methyl sites for hydroxylation is 3. The van der Waals surface area contributed by atoms with E-state index in [1.807, 2.05) is 6.20 Å². The summed E-state index contributed by atoms with van der Waals surface area (Å²) in [5.41, 5.74) is 3.25. The van der Waals surface area contributed by atoms with Crippen LogP contribution in [0.4, 0.5) is 0 Å². The zero-order chi connectivity index (χ0) is 14.3. The Labute approximate surface area is 117 Å². The molecule has 0 radical (unpaired) electrons. The summed E-state index contributed by atoms with van der Waals surface area (Å²) in [5.74, 6) is 0. The highest BCUT2D eigenvalue weighted by molar-refractivity contribution is 7.89. The fraction of sp³-hybridized carbons (Fsp3) is 0.500. The van der Waals surface area contributed by atoms with Gasteiger partial charge in [-0.05, 0) is 32.3 Å². The molecule has 0 amide bonds. The SMILES string of the molecule is Cc1n[nH]c(C)c1S(=O)(=O)NC1CCc2cn[nH]c2C1. The summed E-state index contributed by atoms with van der Waals surface area (Å²) in [4.78, 5) is 0.257. The van der Waals surface area contributed by atoms with E-state index in [-0.39, 0.29) is 10.9 Å². The third kappa shape index (κ3) is 2.25. The minimum atomic E-state index is -3.54. The van der Waals surface area contributed by atoms with Gasteiger partial charge in [0, 0.05) is 18.2 Å². The van der Waals surface area contributed by atoms with E-state index >= 15 is 0 Å². The van der Waals surface area contributed by atoms with Crippen molar-refractivity contribution >= 4 is 10.0 Å². The Bertz CT molecular complexity index is 711. The number of sulfonamides is 1. The van der Waals surface area contributed by atoms with Crippen LogP contribution in [-0.4, -0.2) is 34.9 Å². The lowest BCUT2D eigenvalue weighted by molar-refractivity contribution is 0.503. The number of hydrogen-bond acceptors (Lipinski definition) is 4. The van der Waals surface area contributed by atoms with Crippen molar-refractivity contribution in [2.24, 2.45) is 0 Å². The molecule has 7 nitrogen and oxygen atoms in total. The van der Waals surface area contributed by atoms with Crippen LogP contribution in [0.15, 0.2) is 11.1 Å². The number of H-pyrrole nitrogens is 2. The Hall–Kier alpha value is -1.67. The van der Waals surface area contributed by atoms with E-state index in [1.54, 1.807) is 13.8 Å². The summed E-state index contributed by atoms with van der Waals surface area (Å²) in [7, 11) is -3.54. The predicted molar refractivity (Wildman–Crippen MR) is 72.8 cm³/mol. The van der Waals surface area contributed by atoms with Gasteiger partial charge in [-0.25, -0.2) is 13.1 Å². The Morgan fingerprint density at radius 2 is 2.15 bits per heavy atom. The van der Waals surface area contributed by atoms with E-state index < -0.39 is 10.0 Å². The highest BCUT2D eigenvalue weighted by atomic mass is 32.2. The first kappa shape index (κ1) is 13.3. The maximum absolute atomic E-state index is 12.5. The fourth-order valence-corrected chi connectivity index (χ4v) is 4.36. The molecule has 3 N–H and O–H groups in total. The average Bonchev–Trinajstić information content (AvgIpc) is 2.95. The second-order valence-corrected chi connectivity index (χ2v) is 6.85. The van der Waals surface area contributed by atoms with Crippen LogP contribution in [0, 0.1) is 13.8 Å². The predicted octanol–water partition coefficient (Wildman–Crippen LogP) is 0.585. The van der Waals surface area contributed by atoms with Gasteiger partial charge in [-0.1, -0.05) is 0 Å². The van der Waals surface area contributed by atoms with Crippen LogP contribution in [-0.2, 0) is 22.9 Å². The minimum Gasteiger partial charge on any atom is -0.282 e. The molecule has 0 aromatic carbocycles. The summed E-state index contributed by atoms with van der Waals surface area (Å²) in [5, 5.41) is 13.6. The Balaban J connectivity index is 1.82. The largest absolute Gasteiger partial charge is 0.282 e. The molecule has 2 heterocycles. The van der Waals surface area contributed by atoms with E-state index in [0.717, 1.165) is 18.5 Å². The monoisotopic (exact) mass is 295 g/mol. The standard InChI is InChI=1S/C12H17N5O2S/c1-7-12(8(2)15-14-7)20(18,19)17-10-4-3-9-6-13-16-11(9)5-10/h6,10,17H,3-5H2,1-2H3,(H,13,16)(H,14,15). The maximum Gasteiger partial charge on any atom is 0.244 e. The van der Waals surface area contributed by atoms with Crippen molar-refractivity contribution in [1.29, 1.82) is 0 Å². The number of aromatic amines is 2. The van der Waals surface area contributed by atoms with Crippen molar-refractivity contribution < 1.29 is 8.42 Å². The van der Waals surface area contributed by atoms with Gasteiger partial charge >= 0.3 is 0 Å². The summed E-state index contributed by atoms with van der Waals surface area (Å²) < 4.78 is 27.7. The van der Waals surface area contributed by atoms with E-state index in [0.29, 0.717) is 17.8 Å². The van der Waals surface area contributed by atoms with Crippen molar-refractivity contribution in [2.75, 3.05) is 0 Å². The van der Waals surface area contributed by atoms with Crippen LogP contribution in [0.5, 0.6) is 0 Å². The molecule has 0 saturated carbocycles. The Kier molecular flexibility index (Phi) is 3.14. The van der Waals surface area contributed by atoms with Crippen molar-refractivity contribution in [3.8, 4) is 0 Å². The number of aromatic nitrogens is 4. The molecule has 3 rings (SSSR count). The highest BCUT2D eigenvalue weighted by Gasteiger charge is 2.28. The van der Waals surface area contributed by atoms with Gasteiger partial charge in [0.15, 0.2) is 0 Å². The lowest BCUT2D eigenvalue weighted by Gasteiger charge is -2.22. The molecule has 1 aliphatic rings. The van der Waals surface area contributed by atoms with Gasteiger partial charge in [0.25, 0.3) is 0 Å². The van der Waals surface area contributed by atoms with Gasteiger partial charge in [-0.3, -0.25) is 10.2 Å². The van der Waals surface area contributed by atoms with Crippen LogP contribution in [0.3, 0.4) is 0 Å². The molecule has 0 bridgehead atoms. The van der Waals surface area contributed by atoms with Crippen LogP contribution >= 0.6 is 0 Å². The molecular formula is C12H17N5O2S. The first-order valence-electron chi connectivity index (χ1n) is 6.52. The summed E-state index contributed by atoms with van der Waals surface area (Å²) in [6.07, 6.45) is 4.07. The molecule has 2 aromatic rings. The molecule has 20 heavy (non-hydrogen) atoms. The Morgan fingerprint density at radius 1 is 1.35 bits per heavy atom. The molecule has 0 saturated heterocycles. The second kappa shape index (κ2) is 4.71. The number of rotatable bonds is 3. The van der Waals surface area contributed by atoms with Gasteiger partial charge in [0.05, 0.1) is 17.6 Å². The summed E-state index contributed by atoms with van der Waals surface area (Å²) >= 11 is 0. The fourth-order valence-electron chi connectivity index (χ4n) is 2.72. The second-order valence-electron chi connectivity index (χ2n) is 5.20. The van der Waals surface area contributed by atoms with Gasteiger partial charge in [0.1, 0.15) is 4.90 Å². The van der Waals surface area contributed by atoms with E-state index in [4.69, 9.17) is 0 Å². The zero-order valence-corrected chi connectivity index (χ0v) is 12.2. The van der Waals surface area contributed by atoms with Crippen LogP contribution < -0.4 is 4.72 Å². The van der Waals surface area contributed by atoms with Gasteiger partial charge in [-0.15, -0.1) is 0 Å². The average molecular weight is 295 g/mol. The van der Waals surface area contributed by atoms with Crippen LogP contribution in [0.1, 0.15) is 29.1 Å². The van der Waals surface area contributed by atoms with Crippen molar-refractivity contribution in [3.05, 3.63) is 28.8 Å². The number of hydrogen-bond donors (Lipinski definition) is 3. The van der Waals surface area contributed by atoms with E-state index in [1.165, 1.54) is 5.56 Å². The molecule has 0 fully saturated rings. The molecule has 108 valence electrons. The van der Waals surface area contributed by atoms with Crippen molar-refractivity contribution in [1.82, 2.24) is 25.1 Å². The lowest BCUT2D eigenvalue weighted by Crippen LogP contribution is -2.39. The minimum absolute atomic E-state index is 0.110. The number of nitrogens with zero attached hydrogens (tertiary/aromatic N) is 2. The van der Waals surface area contributed by atoms with E-state index in [9.17, 15) is 8.42 Å². The third-order valence-electron chi connectivity index (χ3n) is 3.67. The lowest BCUT2D eigenvalue weighted by atomic mass is 9.95. The zero-order valence-electron chi connectivity index (χ0n) is 11.4. The first-order chi connectivity index (χ1) is 9.47. The third-order valence-corrected chi connectivity index (χ3v) is 5.45. The molecular weight excluding hydrogens is 278 g/mol. The summed E-state index contributed by atoms with van der Waals surface area (Å²) in [6, 6.07) is -0.110. The first-order valence-corrected chi connectivity index (χ1v) is 8.00. The smallest absolute Gasteiger partial charge is 0.244 e.